The van der Waals surface area contributed by atoms with Gasteiger partial charge in [0.2, 0.25) is 0 Å². The lowest BCUT2D eigenvalue weighted by molar-refractivity contribution is 0.104. The van der Waals surface area contributed by atoms with Crippen LogP contribution >= 0.6 is 15.9 Å². The molecule has 2 rings (SSSR count). The molecule has 7 heteroatoms. The first kappa shape index (κ1) is 21.5. The van der Waals surface area contributed by atoms with Crippen molar-refractivity contribution in [1.82, 2.24) is 5.32 Å². The van der Waals surface area contributed by atoms with Crippen LogP contribution in [0.25, 0.3) is 6.08 Å². The molecule has 2 aromatic carbocycles. The number of hydrogen-bond donors (Lipinski definition) is 2. The largest absolute Gasteiger partial charge is 0.493 e. The van der Waals surface area contributed by atoms with E-state index in [1.807, 2.05) is 13.8 Å². The van der Waals surface area contributed by atoms with Crippen LogP contribution in [0.3, 0.4) is 0 Å². The lowest BCUT2D eigenvalue weighted by Crippen LogP contribution is -2.34. The quantitative estimate of drug-likeness (QED) is 0.468. The Morgan fingerprint density at radius 2 is 1.64 bits per heavy atom. The number of halogens is 1. The molecule has 148 valence electrons. The van der Waals surface area contributed by atoms with Crippen molar-refractivity contribution in [2.24, 2.45) is 0 Å². The highest BCUT2D eigenvalue weighted by Gasteiger charge is 2.09. The predicted octanol–water partition coefficient (Wildman–Crippen LogP) is 4.89. The Morgan fingerprint density at radius 1 is 1.04 bits per heavy atom. The fourth-order valence-electron chi connectivity index (χ4n) is 2.41. The van der Waals surface area contributed by atoms with Crippen molar-refractivity contribution in [3.05, 3.63) is 58.1 Å². The summed E-state index contributed by atoms with van der Waals surface area (Å²) in [6, 6.07) is 10.0. The van der Waals surface area contributed by atoms with Crippen LogP contribution in [0.1, 0.15) is 29.8 Å². The van der Waals surface area contributed by atoms with Crippen molar-refractivity contribution in [2.75, 3.05) is 19.5 Å². The molecule has 0 aliphatic carbocycles. The van der Waals surface area contributed by atoms with Crippen LogP contribution < -0.4 is 20.1 Å². The zero-order valence-electron chi connectivity index (χ0n) is 16.2. The van der Waals surface area contributed by atoms with Gasteiger partial charge >= 0.3 is 6.03 Å². The number of benzene rings is 2. The smallest absolute Gasteiger partial charge is 0.319 e. The van der Waals surface area contributed by atoms with Crippen LogP contribution in [0.5, 0.6) is 11.5 Å². The fourth-order valence-corrected chi connectivity index (χ4v) is 2.86. The van der Waals surface area contributed by atoms with Crippen LogP contribution in [0, 0.1) is 0 Å². The highest BCUT2D eigenvalue weighted by Crippen LogP contribution is 2.33. The van der Waals surface area contributed by atoms with E-state index in [4.69, 9.17) is 9.47 Å². The summed E-state index contributed by atoms with van der Waals surface area (Å²) in [5.74, 6) is 1.02. The van der Waals surface area contributed by atoms with Crippen LogP contribution in [0.15, 0.2) is 46.9 Å². The van der Waals surface area contributed by atoms with Gasteiger partial charge in [0.05, 0.1) is 14.2 Å². The van der Waals surface area contributed by atoms with Gasteiger partial charge in [-0.05, 0) is 68.0 Å². The predicted molar refractivity (Wildman–Crippen MR) is 114 cm³/mol. The van der Waals surface area contributed by atoms with Crippen molar-refractivity contribution in [2.45, 2.75) is 19.9 Å². The Balaban J connectivity index is 2.09. The zero-order valence-corrected chi connectivity index (χ0v) is 17.8. The number of urea groups is 1. The number of rotatable bonds is 7. The summed E-state index contributed by atoms with van der Waals surface area (Å²) in [6.07, 6.45) is 3.19. The number of carbonyl (C=O) groups is 2. The number of anilines is 1. The summed E-state index contributed by atoms with van der Waals surface area (Å²) >= 11 is 3.46. The number of amides is 2. The van der Waals surface area contributed by atoms with E-state index in [1.165, 1.54) is 6.08 Å². The first-order chi connectivity index (χ1) is 13.3. The SMILES string of the molecule is COc1cc(Br)c(C=CC(=O)c2ccc(NC(=O)NC(C)C)cc2)cc1OC. The van der Waals surface area contributed by atoms with Gasteiger partial charge < -0.3 is 20.1 Å². The van der Waals surface area contributed by atoms with Gasteiger partial charge in [0, 0.05) is 21.8 Å². The molecular weight excluding hydrogens is 424 g/mol. The normalized spacial score (nSPS) is 10.8. The summed E-state index contributed by atoms with van der Waals surface area (Å²) in [5.41, 5.74) is 1.92. The monoisotopic (exact) mass is 446 g/mol. The van der Waals surface area contributed by atoms with E-state index in [0.29, 0.717) is 22.7 Å². The molecule has 0 heterocycles. The number of nitrogens with one attached hydrogen (secondary N) is 2. The lowest BCUT2D eigenvalue weighted by Gasteiger charge is -2.10. The van der Waals surface area contributed by atoms with E-state index in [2.05, 4.69) is 26.6 Å². The van der Waals surface area contributed by atoms with Gasteiger partial charge in [-0.1, -0.05) is 15.9 Å². The maximum atomic E-state index is 12.4. The van der Waals surface area contributed by atoms with E-state index < -0.39 is 0 Å². The molecular formula is C21H23BrN2O4. The molecule has 6 nitrogen and oxygen atoms in total. The summed E-state index contributed by atoms with van der Waals surface area (Å²) in [4.78, 5) is 24.1. The van der Waals surface area contributed by atoms with Crippen LogP contribution in [-0.2, 0) is 0 Å². The maximum absolute atomic E-state index is 12.4. The number of hydrogen-bond acceptors (Lipinski definition) is 4. The summed E-state index contributed by atoms with van der Waals surface area (Å²) in [7, 11) is 3.12. The van der Waals surface area contributed by atoms with Crippen molar-refractivity contribution >= 4 is 39.5 Å². The molecule has 2 aromatic rings. The van der Waals surface area contributed by atoms with E-state index in [9.17, 15) is 9.59 Å². The third kappa shape index (κ3) is 5.85. The van der Waals surface area contributed by atoms with E-state index >= 15 is 0 Å². The van der Waals surface area contributed by atoms with Crippen molar-refractivity contribution < 1.29 is 19.1 Å². The fraction of sp³-hybridized carbons (Fsp3) is 0.238. The van der Waals surface area contributed by atoms with Crippen LogP contribution in [0.4, 0.5) is 10.5 Å². The Morgan fingerprint density at radius 3 is 2.21 bits per heavy atom. The molecule has 0 unspecified atom stereocenters. The molecule has 0 fully saturated rings. The van der Waals surface area contributed by atoms with Gasteiger partial charge in [-0.3, -0.25) is 4.79 Å². The molecule has 0 aliphatic heterocycles. The molecule has 28 heavy (non-hydrogen) atoms. The molecule has 0 aliphatic rings. The highest BCUT2D eigenvalue weighted by molar-refractivity contribution is 9.10. The number of ether oxygens (including phenoxy) is 2. The minimum atomic E-state index is -0.285. The summed E-state index contributed by atoms with van der Waals surface area (Å²) in [6.45, 7) is 3.76. The second kappa shape index (κ2) is 9.94. The Labute approximate surface area is 173 Å². The Hall–Kier alpha value is -2.80. The number of ketones is 1. The minimum Gasteiger partial charge on any atom is -0.493 e. The lowest BCUT2D eigenvalue weighted by atomic mass is 10.1. The van der Waals surface area contributed by atoms with E-state index in [0.717, 1.165) is 10.0 Å². The molecule has 0 saturated carbocycles. The number of allylic oxidation sites excluding steroid dienone is 1. The Kier molecular flexibility index (Phi) is 7.63. The molecule has 0 radical (unpaired) electrons. The van der Waals surface area contributed by atoms with Gasteiger partial charge in [0.25, 0.3) is 0 Å². The standard InChI is InChI=1S/C21H23BrN2O4/c1-13(2)23-21(26)24-16-8-5-14(6-9-16)18(25)10-7-15-11-19(27-3)20(28-4)12-17(15)22/h5-13H,1-4H3,(H2,23,24,26). The summed E-state index contributed by atoms with van der Waals surface area (Å²) < 4.78 is 11.3. The van der Waals surface area contributed by atoms with Crippen LogP contribution in [-0.4, -0.2) is 32.1 Å². The summed E-state index contributed by atoms with van der Waals surface area (Å²) in [5, 5.41) is 5.45. The molecule has 2 amide bonds. The second-order valence-corrected chi connectivity index (χ2v) is 7.11. The molecule has 0 saturated heterocycles. The van der Waals surface area contributed by atoms with Gasteiger partial charge in [0.1, 0.15) is 0 Å². The first-order valence-electron chi connectivity index (χ1n) is 8.65. The van der Waals surface area contributed by atoms with Crippen molar-refractivity contribution in [1.29, 1.82) is 0 Å². The zero-order chi connectivity index (χ0) is 20.7. The first-order valence-corrected chi connectivity index (χ1v) is 9.45. The Bertz CT molecular complexity index is 877. The van der Waals surface area contributed by atoms with Gasteiger partial charge in [-0.2, -0.15) is 0 Å². The van der Waals surface area contributed by atoms with Crippen molar-refractivity contribution in [3.8, 4) is 11.5 Å². The third-order valence-corrected chi connectivity index (χ3v) is 4.45. The molecule has 0 bridgehead atoms. The van der Waals surface area contributed by atoms with Gasteiger partial charge in [-0.15, -0.1) is 0 Å². The maximum Gasteiger partial charge on any atom is 0.319 e. The molecule has 2 N–H and O–H groups in total. The average molecular weight is 447 g/mol. The molecule has 0 aromatic heterocycles. The molecule has 0 atom stereocenters. The topological polar surface area (TPSA) is 76.7 Å². The number of methoxy groups -OCH3 is 2. The van der Waals surface area contributed by atoms with Gasteiger partial charge in [-0.25, -0.2) is 4.79 Å². The van der Waals surface area contributed by atoms with Crippen LogP contribution in [0.2, 0.25) is 0 Å². The minimum absolute atomic E-state index is 0.0434. The second-order valence-electron chi connectivity index (χ2n) is 6.26. The van der Waals surface area contributed by atoms with Gasteiger partial charge in [0.15, 0.2) is 17.3 Å². The molecule has 0 spiro atoms. The van der Waals surface area contributed by atoms with E-state index in [-0.39, 0.29) is 17.9 Å². The highest BCUT2D eigenvalue weighted by atomic mass is 79.9. The van der Waals surface area contributed by atoms with E-state index in [1.54, 1.807) is 56.7 Å². The number of carbonyl (C=O) groups excluding carboxylic acids is 2. The average Bonchev–Trinajstić information content (AvgIpc) is 2.66. The third-order valence-electron chi connectivity index (χ3n) is 3.76. The van der Waals surface area contributed by atoms with Crippen molar-refractivity contribution in [3.63, 3.8) is 0 Å².